The number of aliphatic hydroxyl groups excluding tert-OH is 1. The molecule has 0 saturated heterocycles. The average Bonchev–Trinajstić information content (AvgIpc) is 2.38. The van der Waals surface area contributed by atoms with Gasteiger partial charge in [0.15, 0.2) is 0 Å². The highest BCUT2D eigenvalue weighted by atomic mass is 16.3. The zero-order valence-corrected chi connectivity index (χ0v) is 5.75. The number of rotatable bonds is 3. The fraction of sp³-hybridized carbons (Fsp3) is 0.429. The minimum absolute atomic E-state index is 0.406. The second kappa shape index (κ2) is 3.39. The van der Waals surface area contributed by atoms with Crippen molar-refractivity contribution in [1.82, 2.24) is 4.98 Å². The van der Waals surface area contributed by atoms with Crippen LogP contribution in [0.25, 0.3) is 0 Å². The van der Waals surface area contributed by atoms with Crippen LogP contribution in [0.3, 0.4) is 0 Å². The largest absolute Gasteiger partial charge is 0.388 e. The predicted molar refractivity (Wildman–Crippen MR) is 39.4 cm³/mol. The Morgan fingerprint density at radius 3 is 3.00 bits per heavy atom. The maximum absolute atomic E-state index is 9.31. The van der Waals surface area contributed by atoms with Crippen LogP contribution >= 0.6 is 0 Å². The zero-order valence-electron chi connectivity index (χ0n) is 5.75. The molecule has 0 aliphatic rings. The van der Waals surface area contributed by atoms with E-state index in [1.165, 1.54) is 0 Å². The molecule has 0 fully saturated rings. The highest BCUT2D eigenvalue weighted by molar-refractivity contribution is 5.11. The van der Waals surface area contributed by atoms with Crippen molar-refractivity contribution in [1.29, 1.82) is 0 Å². The molecule has 0 radical (unpaired) electrons. The Morgan fingerprint density at radius 2 is 2.50 bits per heavy atom. The summed E-state index contributed by atoms with van der Waals surface area (Å²) in [4.78, 5) is 2.87. The molecule has 1 rings (SSSR count). The molecule has 1 heterocycles. The molecule has 1 atom stereocenters. The third-order valence-corrected chi connectivity index (χ3v) is 1.45. The predicted octanol–water partition coefficient (Wildman–Crippen LogP) is 0.397. The molecule has 0 aromatic carbocycles. The summed E-state index contributed by atoms with van der Waals surface area (Å²) in [7, 11) is 0. The van der Waals surface area contributed by atoms with Crippen molar-refractivity contribution >= 4 is 0 Å². The van der Waals surface area contributed by atoms with Crippen LogP contribution in [0, 0.1) is 0 Å². The molecule has 1 unspecified atom stereocenters. The molecule has 1 aromatic heterocycles. The van der Waals surface area contributed by atoms with Crippen molar-refractivity contribution in [2.24, 2.45) is 5.73 Å². The van der Waals surface area contributed by atoms with E-state index in [9.17, 15) is 5.11 Å². The molecule has 0 aliphatic heterocycles. The van der Waals surface area contributed by atoms with Gasteiger partial charge in [0.1, 0.15) is 0 Å². The quantitative estimate of drug-likeness (QED) is 0.569. The molecule has 0 aliphatic carbocycles. The maximum atomic E-state index is 9.31. The molecule has 0 amide bonds. The molecule has 4 N–H and O–H groups in total. The first kappa shape index (κ1) is 7.31. The summed E-state index contributed by atoms with van der Waals surface area (Å²) in [5, 5.41) is 9.31. The normalized spacial score (nSPS) is 13.4. The number of nitrogens with two attached hydrogens (primary N) is 1. The third kappa shape index (κ3) is 1.59. The van der Waals surface area contributed by atoms with Gasteiger partial charge in [-0.25, -0.2) is 0 Å². The smallest absolute Gasteiger partial charge is 0.0816 e. The number of aromatic amines is 1. The van der Waals surface area contributed by atoms with Gasteiger partial charge in [-0.2, -0.15) is 0 Å². The molecule has 0 spiro atoms. The van der Waals surface area contributed by atoms with Gasteiger partial charge >= 0.3 is 0 Å². The Morgan fingerprint density at radius 1 is 1.70 bits per heavy atom. The lowest BCUT2D eigenvalue weighted by Crippen LogP contribution is -2.05. The molecular formula is C7H12N2O. The van der Waals surface area contributed by atoms with E-state index in [2.05, 4.69) is 4.98 Å². The SMILES string of the molecule is NCCC(O)c1cc[nH]c1. The highest BCUT2D eigenvalue weighted by Gasteiger charge is 2.04. The molecule has 3 nitrogen and oxygen atoms in total. The Kier molecular flexibility index (Phi) is 2.48. The van der Waals surface area contributed by atoms with Crippen molar-refractivity contribution in [3.05, 3.63) is 24.0 Å². The van der Waals surface area contributed by atoms with Crippen LogP contribution in [0.5, 0.6) is 0 Å². The lowest BCUT2D eigenvalue weighted by atomic mass is 10.1. The lowest BCUT2D eigenvalue weighted by molar-refractivity contribution is 0.170. The van der Waals surface area contributed by atoms with E-state index in [1.807, 2.05) is 6.07 Å². The second-order valence-electron chi connectivity index (χ2n) is 2.24. The maximum Gasteiger partial charge on any atom is 0.0816 e. The summed E-state index contributed by atoms with van der Waals surface area (Å²) < 4.78 is 0. The van der Waals surface area contributed by atoms with Crippen LogP contribution in [-0.4, -0.2) is 16.6 Å². The summed E-state index contributed by atoms with van der Waals surface area (Å²) in [5.74, 6) is 0. The molecule has 3 heteroatoms. The Labute approximate surface area is 59.9 Å². The molecule has 0 bridgehead atoms. The van der Waals surface area contributed by atoms with E-state index in [-0.39, 0.29) is 0 Å². The number of H-pyrrole nitrogens is 1. The van der Waals surface area contributed by atoms with Crippen LogP contribution < -0.4 is 5.73 Å². The number of aromatic nitrogens is 1. The van der Waals surface area contributed by atoms with Crippen molar-refractivity contribution in [3.63, 3.8) is 0 Å². The minimum Gasteiger partial charge on any atom is -0.388 e. The summed E-state index contributed by atoms with van der Waals surface area (Å²) in [6, 6.07) is 1.85. The van der Waals surface area contributed by atoms with Gasteiger partial charge in [-0.3, -0.25) is 0 Å². The van der Waals surface area contributed by atoms with Crippen molar-refractivity contribution < 1.29 is 5.11 Å². The highest BCUT2D eigenvalue weighted by Crippen LogP contribution is 2.13. The number of hydrogen-bond acceptors (Lipinski definition) is 2. The van der Waals surface area contributed by atoms with Crippen LogP contribution in [-0.2, 0) is 0 Å². The van der Waals surface area contributed by atoms with Crippen molar-refractivity contribution in [3.8, 4) is 0 Å². The molecular weight excluding hydrogens is 128 g/mol. The second-order valence-corrected chi connectivity index (χ2v) is 2.24. The molecule has 56 valence electrons. The van der Waals surface area contributed by atoms with Gasteiger partial charge in [0, 0.05) is 12.4 Å². The van der Waals surface area contributed by atoms with Gasteiger partial charge in [-0.15, -0.1) is 0 Å². The fourth-order valence-corrected chi connectivity index (χ4v) is 0.869. The van der Waals surface area contributed by atoms with Gasteiger partial charge < -0.3 is 15.8 Å². The molecule has 10 heavy (non-hydrogen) atoms. The Bertz CT molecular complexity index is 172. The van der Waals surface area contributed by atoms with E-state index in [4.69, 9.17) is 5.73 Å². The van der Waals surface area contributed by atoms with Crippen LogP contribution in [0.2, 0.25) is 0 Å². The number of nitrogens with one attached hydrogen (secondary N) is 1. The van der Waals surface area contributed by atoms with E-state index in [0.29, 0.717) is 13.0 Å². The third-order valence-electron chi connectivity index (χ3n) is 1.45. The minimum atomic E-state index is -0.406. The van der Waals surface area contributed by atoms with Crippen molar-refractivity contribution in [2.45, 2.75) is 12.5 Å². The number of aliphatic hydroxyl groups is 1. The molecule has 0 saturated carbocycles. The summed E-state index contributed by atoms with van der Waals surface area (Å²) in [5.41, 5.74) is 6.17. The van der Waals surface area contributed by atoms with E-state index in [0.717, 1.165) is 5.56 Å². The zero-order chi connectivity index (χ0) is 7.40. The van der Waals surface area contributed by atoms with Crippen LogP contribution in [0.15, 0.2) is 18.5 Å². The van der Waals surface area contributed by atoms with E-state index in [1.54, 1.807) is 12.4 Å². The topological polar surface area (TPSA) is 62.0 Å². The van der Waals surface area contributed by atoms with Gasteiger partial charge in [-0.1, -0.05) is 0 Å². The first-order valence-corrected chi connectivity index (χ1v) is 3.35. The van der Waals surface area contributed by atoms with E-state index < -0.39 is 6.10 Å². The Hall–Kier alpha value is -0.800. The average molecular weight is 140 g/mol. The lowest BCUT2D eigenvalue weighted by Gasteiger charge is -2.04. The van der Waals surface area contributed by atoms with Gasteiger partial charge in [0.25, 0.3) is 0 Å². The van der Waals surface area contributed by atoms with Crippen LogP contribution in [0.4, 0.5) is 0 Å². The van der Waals surface area contributed by atoms with Gasteiger partial charge in [-0.05, 0) is 24.6 Å². The summed E-state index contributed by atoms with van der Waals surface area (Å²) >= 11 is 0. The van der Waals surface area contributed by atoms with Gasteiger partial charge in [0.2, 0.25) is 0 Å². The monoisotopic (exact) mass is 140 g/mol. The van der Waals surface area contributed by atoms with Crippen LogP contribution in [0.1, 0.15) is 18.1 Å². The van der Waals surface area contributed by atoms with Gasteiger partial charge in [0.05, 0.1) is 6.10 Å². The number of hydrogen-bond donors (Lipinski definition) is 3. The standard InChI is InChI=1S/C7H12N2O/c8-3-1-7(10)6-2-4-9-5-6/h2,4-5,7,9-10H,1,3,8H2. The fourth-order valence-electron chi connectivity index (χ4n) is 0.869. The van der Waals surface area contributed by atoms with E-state index >= 15 is 0 Å². The van der Waals surface area contributed by atoms with Crippen molar-refractivity contribution in [2.75, 3.05) is 6.54 Å². The first-order chi connectivity index (χ1) is 4.84. The Balaban J connectivity index is 2.50. The summed E-state index contributed by atoms with van der Waals surface area (Å²) in [6.45, 7) is 0.520. The summed E-state index contributed by atoms with van der Waals surface area (Å²) in [6.07, 6.45) is 3.78. The first-order valence-electron chi connectivity index (χ1n) is 3.35. The molecule has 1 aromatic rings.